The smallest absolute Gasteiger partial charge is 0.344 e. The Morgan fingerprint density at radius 1 is 0.541 bits per heavy atom. The molecule has 202 valence electrons. The van der Waals surface area contributed by atoms with Crippen LogP contribution in [-0.2, 0) is 18.9 Å². The molecular formula is C26H34N2O9. The Bertz CT molecular complexity index is 1080. The lowest BCUT2D eigenvalue weighted by atomic mass is 9.96. The predicted molar refractivity (Wildman–Crippen MR) is 129 cm³/mol. The molecule has 0 aliphatic heterocycles. The summed E-state index contributed by atoms with van der Waals surface area (Å²) in [4.78, 5) is 61.9. The molecule has 2 fully saturated rings. The lowest BCUT2D eigenvalue weighted by molar-refractivity contribution is 0.0522. The molecule has 2 saturated carbocycles. The molecule has 0 atom stereocenters. The van der Waals surface area contributed by atoms with Gasteiger partial charge in [0.2, 0.25) is 11.1 Å². The van der Waals surface area contributed by atoms with E-state index in [0.717, 1.165) is 92.6 Å². The molecule has 11 heteroatoms. The first-order valence-corrected chi connectivity index (χ1v) is 12.5. The summed E-state index contributed by atoms with van der Waals surface area (Å²) in [5.74, 6) is -4.17. The summed E-state index contributed by atoms with van der Waals surface area (Å²) >= 11 is 0. The molecule has 3 rings (SSSR count). The Hall–Kier alpha value is -3.50. The van der Waals surface area contributed by atoms with E-state index in [1.807, 2.05) is 0 Å². The zero-order valence-electron chi connectivity index (χ0n) is 21.8. The number of carbonyl (C=O) groups excluding carboxylic acids is 4. The molecule has 2 aliphatic rings. The van der Waals surface area contributed by atoms with Crippen molar-refractivity contribution < 1.29 is 42.5 Å². The molecule has 0 bridgehead atoms. The van der Waals surface area contributed by atoms with Crippen molar-refractivity contribution in [3.8, 4) is 0 Å². The van der Waals surface area contributed by atoms with Crippen molar-refractivity contribution in [2.75, 3.05) is 28.4 Å². The van der Waals surface area contributed by atoms with Crippen LogP contribution in [0.2, 0.25) is 0 Å². The molecule has 1 aromatic rings. The molecule has 1 aromatic heterocycles. The molecule has 0 aromatic carbocycles. The van der Waals surface area contributed by atoms with E-state index in [1.165, 1.54) is 0 Å². The summed E-state index contributed by atoms with van der Waals surface area (Å²) in [7, 11) is 4.40. The zero-order chi connectivity index (χ0) is 26.9. The maximum absolute atomic E-state index is 13.1. The minimum absolute atomic E-state index is 0.209. The van der Waals surface area contributed by atoms with Gasteiger partial charge in [-0.3, -0.25) is 0 Å². The van der Waals surface area contributed by atoms with E-state index in [1.54, 1.807) is 0 Å². The van der Waals surface area contributed by atoms with Crippen LogP contribution < -0.4 is 11.1 Å². The molecule has 2 aliphatic carbocycles. The van der Waals surface area contributed by atoms with E-state index < -0.39 is 46.1 Å². The van der Waals surface area contributed by atoms with Crippen LogP contribution in [0.25, 0.3) is 0 Å². The van der Waals surface area contributed by atoms with Gasteiger partial charge in [-0.1, -0.05) is 38.5 Å². The minimum atomic E-state index is -1.08. The molecule has 0 radical (unpaired) electrons. The highest BCUT2D eigenvalue weighted by molar-refractivity contribution is 6.13. The fourth-order valence-electron chi connectivity index (χ4n) is 4.79. The van der Waals surface area contributed by atoms with E-state index in [-0.39, 0.29) is 23.2 Å². The van der Waals surface area contributed by atoms with E-state index >= 15 is 0 Å². The Balaban J connectivity index is 2.61. The second-order valence-corrected chi connectivity index (χ2v) is 9.02. The molecule has 0 amide bonds. The van der Waals surface area contributed by atoms with Crippen molar-refractivity contribution in [1.29, 1.82) is 0 Å². The van der Waals surface area contributed by atoms with Crippen molar-refractivity contribution in [2.45, 2.75) is 76.3 Å². The maximum Gasteiger partial charge on any atom is 0.344 e. The minimum Gasteiger partial charge on any atom is -0.465 e. The summed E-state index contributed by atoms with van der Waals surface area (Å²) in [6, 6.07) is -0.418. The first-order chi connectivity index (χ1) is 17.9. The van der Waals surface area contributed by atoms with Crippen molar-refractivity contribution in [3.63, 3.8) is 0 Å². The van der Waals surface area contributed by atoms with Gasteiger partial charge in [-0.25, -0.2) is 29.2 Å². The van der Waals surface area contributed by atoms with Gasteiger partial charge in [-0.15, -0.1) is 0 Å². The highest BCUT2D eigenvalue weighted by Crippen LogP contribution is 2.23. The van der Waals surface area contributed by atoms with Crippen LogP contribution in [0, 0.1) is 0 Å². The number of hydrogen-bond acceptors (Lipinski definition) is 11. The van der Waals surface area contributed by atoms with E-state index in [0.29, 0.717) is 0 Å². The third-order valence-electron chi connectivity index (χ3n) is 6.68. The topological polar surface area (TPSA) is 143 Å². The summed E-state index contributed by atoms with van der Waals surface area (Å²) in [5, 5.41) is 0. The van der Waals surface area contributed by atoms with E-state index in [9.17, 15) is 19.2 Å². The lowest BCUT2D eigenvalue weighted by Crippen LogP contribution is -2.26. The molecule has 0 N–H and O–H groups in total. The van der Waals surface area contributed by atoms with Crippen LogP contribution in [0.4, 0.5) is 0 Å². The van der Waals surface area contributed by atoms with Gasteiger partial charge in [0.15, 0.2) is 0 Å². The van der Waals surface area contributed by atoms with E-state index in [2.05, 4.69) is 9.98 Å². The molecular weight excluding hydrogens is 484 g/mol. The van der Waals surface area contributed by atoms with Gasteiger partial charge in [0.1, 0.15) is 11.1 Å². The summed E-state index contributed by atoms with van der Waals surface area (Å²) in [5.41, 5.74) is -2.57. The molecule has 0 spiro atoms. The fourth-order valence-corrected chi connectivity index (χ4v) is 4.79. The molecule has 37 heavy (non-hydrogen) atoms. The molecule has 0 unspecified atom stereocenters. The number of nitrogens with zero attached hydrogens (tertiary/aromatic N) is 2. The number of carbonyl (C=O) groups is 4. The quantitative estimate of drug-likeness (QED) is 0.410. The van der Waals surface area contributed by atoms with Crippen molar-refractivity contribution in [2.24, 2.45) is 9.98 Å². The average Bonchev–Trinajstić information content (AvgIpc) is 3.07. The van der Waals surface area contributed by atoms with Gasteiger partial charge in [0.05, 0.1) is 51.6 Å². The summed E-state index contributed by atoms with van der Waals surface area (Å²) < 4.78 is 25.9. The van der Waals surface area contributed by atoms with Crippen LogP contribution in [-0.4, -0.2) is 64.4 Å². The van der Waals surface area contributed by atoms with Crippen molar-refractivity contribution >= 4 is 23.9 Å². The Kier molecular flexibility index (Phi) is 9.99. The number of hydrogen-bond donors (Lipinski definition) is 0. The molecule has 1 heterocycles. The fraction of sp³-hybridized carbons (Fsp3) is 0.615. The first kappa shape index (κ1) is 28.1. The maximum atomic E-state index is 13.1. The lowest BCUT2D eigenvalue weighted by Gasteiger charge is -2.17. The number of esters is 4. The summed E-state index contributed by atoms with van der Waals surface area (Å²) in [6.45, 7) is 0. The number of rotatable bonds is 6. The highest BCUT2D eigenvalue weighted by atomic mass is 16.5. The summed E-state index contributed by atoms with van der Waals surface area (Å²) in [6.07, 6.45) is 8.83. The predicted octanol–water partition coefficient (Wildman–Crippen LogP) is 2.89. The van der Waals surface area contributed by atoms with Crippen LogP contribution in [0.3, 0.4) is 0 Å². The highest BCUT2D eigenvalue weighted by Gasteiger charge is 2.35. The third kappa shape index (κ3) is 6.44. The van der Waals surface area contributed by atoms with Gasteiger partial charge in [-0.2, -0.15) is 0 Å². The Labute approximate surface area is 214 Å². The van der Waals surface area contributed by atoms with Crippen molar-refractivity contribution in [3.05, 3.63) is 33.4 Å². The monoisotopic (exact) mass is 518 g/mol. The van der Waals surface area contributed by atoms with Gasteiger partial charge in [0.25, 0.3) is 0 Å². The number of methoxy groups -OCH3 is 4. The standard InChI is InChI=1S/C26H34N2O9/c1-33-23(29)17-18(24(30)34-2)20(26(32)36-4)22(28-16-13-9-6-10-14-16)37-21(19(17)25(31)35-3)27-15-11-7-5-8-12-15/h15-16H,5-14H2,1-4H3. The van der Waals surface area contributed by atoms with Crippen LogP contribution >= 0.6 is 0 Å². The van der Waals surface area contributed by atoms with Crippen LogP contribution in [0.5, 0.6) is 0 Å². The second-order valence-electron chi connectivity index (χ2n) is 9.02. The number of ether oxygens (including phenoxy) is 4. The Morgan fingerprint density at radius 2 is 0.838 bits per heavy atom. The van der Waals surface area contributed by atoms with E-state index in [4.69, 9.17) is 23.4 Å². The van der Waals surface area contributed by atoms with Crippen LogP contribution in [0.1, 0.15) is 106 Å². The van der Waals surface area contributed by atoms with Gasteiger partial charge < -0.3 is 23.4 Å². The average molecular weight is 519 g/mol. The van der Waals surface area contributed by atoms with Gasteiger partial charge in [0, 0.05) is 0 Å². The second kappa shape index (κ2) is 13.2. The van der Waals surface area contributed by atoms with Gasteiger partial charge in [-0.05, 0) is 25.7 Å². The third-order valence-corrected chi connectivity index (χ3v) is 6.68. The molecule has 0 saturated heterocycles. The first-order valence-electron chi connectivity index (χ1n) is 12.5. The molecule has 11 nitrogen and oxygen atoms in total. The van der Waals surface area contributed by atoms with Gasteiger partial charge >= 0.3 is 23.9 Å². The van der Waals surface area contributed by atoms with Crippen molar-refractivity contribution in [1.82, 2.24) is 0 Å². The SMILES string of the molecule is COC(=O)c1c(C(=O)OC)c(C(=O)OC)c(=NC2CCCCC2)oc(=NC2CCCCC2)c1C(=O)OC. The van der Waals surface area contributed by atoms with Crippen LogP contribution in [0.15, 0.2) is 14.4 Å². The largest absolute Gasteiger partial charge is 0.465 e. The zero-order valence-corrected chi connectivity index (χ0v) is 21.8. The Morgan fingerprint density at radius 3 is 1.14 bits per heavy atom. The normalized spacial score (nSPS) is 17.7.